The predicted octanol–water partition coefficient (Wildman–Crippen LogP) is 3.63. The lowest BCUT2D eigenvalue weighted by atomic mass is 10.1. The Balaban J connectivity index is 2.03. The van der Waals surface area contributed by atoms with Crippen LogP contribution in [0.3, 0.4) is 0 Å². The van der Waals surface area contributed by atoms with E-state index in [2.05, 4.69) is 15.0 Å². The van der Waals surface area contributed by atoms with E-state index in [1.807, 2.05) is 30.3 Å². The van der Waals surface area contributed by atoms with Crippen LogP contribution < -0.4 is 20.5 Å². The van der Waals surface area contributed by atoms with Gasteiger partial charge in [0, 0.05) is 6.54 Å². The van der Waals surface area contributed by atoms with Gasteiger partial charge in [-0.1, -0.05) is 30.3 Å². The highest BCUT2D eigenvalue weighted by Gasteiger charge is 2.27. The molecule has 2 aromatic carbocycles. The molecule has 2 rings (SSSR count). The van der Waals surface area contributed by atoms with Gasteiger partial charge in [-0.15, -0.1) is 0 Å². The van der Waals surface area contributed by atoms with Crippen LogP contribution in [0, 0.1) is 20.8 Å². The van der Waals surface area contributed by atoms with Crippen LogP contribution in [0.1, 0.15) is 55.9 Å². The molecule has 1 atom stereocenters. The van der Waals surface area contributed by atoms with Crippen LogP contribution in [-0.4, -0.2) is 51.7 Å². The minimum atomic E-state index is -4.01. The van der Waals surface area contributed by atoms with Gasteiger partial charge in [-0.05, 0) is 82.7 Å². The molecule has 40 heavy (non-hydrogen) atoms. The number of guanidine groups is 1. The molecule has 0 heterocycles. The second-order valence-electron chi connectivity index (χ2n) is 10.3. The van der Waals surface area contributed by atoms with Crippen LogP contribution >= 0.6 is 0 Å². The number of ether oxygens (including phenoxy) is 3. The molecule has 0 aliphatic heterocycles. The average molecular weight is 577 g/mol. The zero-order valence-electron chi connectivity index (χ0n) is 24.2. The Morgan fingerprint density at radius 3 is 2.33 bits per heavy atom. The number of alkyl carbamates (subject to hydrolysis) is 1. The van der Waals surface area contributed by atoms with Gasteiger partial charge in [0.2, 0.25) is 5.96 Å². The molecule has 0 aliphatic carbocycles. The first kappa shape index (κ1) is 32.4. The molecule has 0 radical (unpaired) electrons. The zero-order valence-corrected chi connectivity index (χ0v) is 25.0. The van der Waals surface area contributed by atoms with Crippen LogP contribution in [-0.2, 0) is 30.9 Å². The number of hydrogen-bond acceptors (Lipinski definition) is 8. The van der Waals surface area contributed by atoms with Crippen molar-refractivity contribution in [3.8, 4) is 5.75 Å². The van der Waals surface area contributed by atoms with Crippen molar-refractivity contribution < 1.29 is 32.2 Å². The zero-order chi connectivity index (χ0) is 30.1. The quantitative estimate of drug-likeness (QED) is 0.158. The summed E-state index contributed by atoms with van der Waals surface area (Å²) in [5, 5.41) is 2.55. The van der Waals surface area contributed by atoms with Gasteiger partial charge in [-0.2, -0.15) is 0 Å². The molecule has 4 N–H and O–H groups in total. The molecule has 11 nitrogen and oxygen atoms in total. The molecular weight excluding hydrogens is 536 g/mol. The summed E-state index contributed by atoms with van der Waals surface area (Å²) in [6.45, 7) is 10.4. The number of amides is 1. The second-order valence-corrected chi connectivity index (χ2v) is 11.9. The van der Waals surface area contributed by atoms with Crippen molar-refractivity contribution in [2.75, 3.05) is 13.7 Å². The van der Waals surface area contributed by atoms with Crippen molar-refractivity contribution in [2.24, 2.45) is 10.7 Å². The third-order valence-electron chi connectivity index (χ3n) is 5.84. The third kappa shape index (κ3) is 9.74. The van der Waals surface area contributed by atoms with Crippen molar-refractivity contribution in [3.05, 3.63) is 58.7 Å². The highest BCUT2D eigenvalue weighted by molar-refractivity contribution is 7.90. The van der Waals surface area contributed by atoms with Gasteiger partial charge >= 0.3 is 12.1 Å². The van der Waals surface area contributed by atoms with E-state index in [0.717, 1.165) is 5.56 Å². The Morgan fingerprint density at radius 1 is 1.07 bits per heavy atom. The lowest BCUT2D eigenvalue weighted by Crippen LogP contribution is -2.44. The second kappa shape index (κ2) is 14.0. The number of benzene rings is 2. The number of sulfonamides is 1. The number of methoxy groups -OCH3 is 1. The van der Waals surface area contributed by atoms with E-state index in [-0.39, 0.29) is 30.4 Å². The Hall–Kier alpha value is -3.80. The first-order chi connectivity index (χ1) is 18.6. The molecule has 0 spiro atoms. The fraction of sp³-hybridized carbons (Fsp3) is 0.464. The first-order valence-electron chi connectivity index (χ1n) is 12.8. The van der Waals surface area contributed by atoms with Gasteiger partial charge in [0.25, 0.3) is 10.0 Å². The Bertz CT molecular complexity index is 1320. The summed E-state index contributed by atoms with van der Waals surface area (Å²) in [5.74, 6) is -0.327. The SMILES string of the molecule is COc1cc(C)c(S(=O)(=O)NC(N)=NCCC[C@@H](NC(=O)OCc2ccccc2)C(=O)OC(C)(C)C)c(C)c1C. The van der Waals surface area contributed by atoms with Gasteiger partial charge in [0.15, 0.2) is 0 Å². The van der Waals surface area contributed by atoms with Gasteiger partial charge in [0.1, 0.15) is 24.0 Å². The van der Waals surface area contributed by atoms with E-state index >= 15 is 0 Å². The summed E-state index contributed by atoms with van der Waals surface area (Å²) in [6.07, 6.45) is -0.309. The summed E-state index contributed by atoms with van der Waals surface area (Å²) < 4.78 is 44.4. The lowest BCUT2D eigenvalue weighted by Gasteiger charge is -2.24. The summed E-state index contributed by atoms with van der Waals surface area (Å²) in [6, 6.07) is 9.78. The van der Waals surface area contributed by atoms with Crippen LogP contribution in [0.25, 0.3) is 0 Å². The number of nitrogens with two attached hydrogens (primary N) is 1. The van der Waals surface area contributed by atoms with Crippen LogP contribution in [0.5, 0.6) is 5.75 Å². The lowest BCUT2D eigenvalue weighted by molar-refractivity contribution is -0.157. The van der Waals surface area contributed by atoms with Crippen LogP contribution in [0.4, 0.5) is 4.79 Å². The molecule has 220 valence electrons. The van der Waals surface area contributed by atoms with E-state index in [1.54, 1.807) is 47.6 Å². The maximum Gasteiger partial charge on any atom is 0.408 e. The average Bonchev–Trinajstić information content (AvgIpc) is 2.85. The van der Waals surface area contributed by atoms with Gasteiger partial charge in [-0.3, -0.25) is 4.99 Å². The maximum absolute atomic E-state index is 13.0. The summed E-state index contributed by atoms with van der Waals surface area (Å²) in [7, 11) is -2.49. The highest BCUT2D eigenvalue weighted by Crippen LogP contribution is 2.30. The monoisotopic (exact) mass is 576 g/mol. The minimum absolute atomic E-state index is 0.0430. The Labute approximate surface area is 236 Å². The number of esters is 1. The van der Waals surface area contributed by atoms with Crippen molar-refractivity contribution in [2.45, 2.75) is 77.5 Å². The van der Waals surface area contributed by atoms with Crippen molar-refractivity contribution in [1.82, 2.24) is 10.0 Å². The number of rotatable bonds is 11. The molecule has 0 unspecified atom stereocenters. The summed E-state index contributed by atoms with van der Waals surface area (Å²) in [4.78, 5) is 29.3. The fourth-order valence-electron chi connectivity index (χ4n) is 3.89. The number of hydrogen-bond donors (Lipinski definition) is 3. The van der Waals surface area contributed by atoms with E-state index in [4.69, 9.17) is 19.9 Å². The molecule has 0 saturated carbocycles. The normalized spacial score (nSPS) is 12.8. The standard InChI is InChI=1S/C28H40N4O7S/c1-18-16-23(37-7)19(2)20(3)24(18)40(35,36)32-26(29)30-15-11-14-22(25(33)39-28(4,5)6)31-27(34)38-17-21-12-9-8-10-13-21/h8-10,12-13,16,22H,11,14-15,17H2,1-7H3,(H,31,34)(H3,29,30,32)/t22-/m1/s1. The number of carbonyl (C=O) groups excluding carboxylic acids is 2. The first-order valence-corrected chi connectivity index (χ1v) is 14.3. The van der Waals surface area contributed by atoms with Crippen molar-refractivity contribution >= 4 is 28.0 Å². The highest BCUT2D eigenvalue weighted by atomic mass is 32.2. The van der Waals surface area contributed by atoms with Gasteiger partial charge in [0.05, 0.1) is 12.0 Å². The topological polar surface area (TPSA) is 158 Å². The van der Waals surface area contributed by atoms with Gasteiger partial charge < -0.3 is 25.3 Å². The van der Waals surface area contributed by atoms with Crippen molar-refractivity contribution in [1.29, 1.82) is 0 Å². The Morgan fingerprint density at radius 2 is 1.73 bits per heavy atom. The maximum atomic E-state index is 13.0. The molecule has 12 heteroatoms. The number of carbonyl (C=O) groups is 2. The van der Waals surface area contributed by atoms with E-state index < -0.39 is 33.7 Å². The number of aryl methyl sites for hydroxylation is 1. The number of nitrogens with zero attached hydrogens (tertiary/aromatic N) is 1. The fourth-order valence-corrected chi connectivity index (χ4v) is 5.37. The Kier molecular flexibility index (Phi) is 11.4. The summed E-state index contributed by atoms with van der Waals surface area (Å²) in [5.41, 5.74) is 7.67. The minimum Gasteiger partial charge on any atom is -0.496 e. The molecule has 0 aromatic heterocycles. The molecule has 0 saturated heterocycles. The molecule has 0 bridgehead atoms. The van der Waals surface area contributed by atoms with Crippen LogP contribution in [0.15, 0.2) is 46.3 Å². The number of aliphatic imine (C=N–C) groups is 1. The van der Waals surface area contributed by atoms with E-state index in [1.165, 1.54) is 7.11 Å². The van der Waals surface area contributed by atoms with Gasteiger partial charge in [-0.25, -0.2) is 22.7 Å². The summed E-state index contributed by atoms with van der Waals surface area (Å²) >= 11 is 0. The van der Waals surface area contributed by atoms with Crippen molar-refractivity contribution in [3.63, 3.8) is 0 Å². The molecule has 2 aromatic rings. The van der Waals surface area contributed by atoms with Crippen LogP contribution in [0.2, 0.25) is 0 Å². The predicted molar refractivity (Wildman–Crippen MR) is 153 cm³/mol. The third-order valence-corrected chi connectivity index (χ3v) is 7.48. The van der Waals surface area contributed by atoms with E-state index in [0.29, 0.717) is 28.9 Å². The molecule has 0 fully saturated rings. The largest absolute Gasteiger partial charge is 0.496 e. The molecule has 0 aliphatic rings. The molecular formula is C28H40N4O7S. The smallest absolute Gasteiger partial charge is 0.408 e. The van der Waals surface area contributed by atoms with E-state index in [9.17, 15) is 18.0 Å². The number of nitrogens with one attached hydrogen (secondary N) is 2. The molecule has 1 amide bonds.